The van der Waals surface area contributed by atoms with Crippen LogP contribution in [-0.4, -0.2) is 64.3 Å². The Morgan fingerprint density at radius 2 is 1.90 bits per heavy atom. The number of nitrogens with zero attached hydrogens (tertiary/aromatic N) is 7. The maximum atomic E-state index is 13.0. The molecule has 0 unspecified atom stereocenters. The number of aromatic nitrogens is 7. The van der Waals surface area contributed by atoms with Gasteiger partial charge in [-0.05, 0) is 46.7 Å². The van der Waals surface area contributed by atoms with Crippen molar-refractivity contribution in [2.24, 2.45) is 0 Å². The molecule has 194 valence electrons. The third kappa shape index (κ3) is 4.85. The summed E-state index contributed by atoms with van der Waals surface area (Å²) >= 11 is 0. The summed E-state index contributed by atoms with van der Waals surface area (Å²) in [6.45, 7) is 0.426. The van der Waals surface area contributed by atoms with Gasteiger partial charge >= 0.3 is 5.97 Å². The molecule has 1 aliphatic rings. The number of hydrogen-bond acceptors (Lipinski definition) is 9. The number of hydrogen-bond donors (Lipinski definition) is 3. The minimum absolute atomic E-state index is 0.0311. The van der Waals surface area contributed by atoms with Crippen LogP contribution in [-0.2, 0) is 17.9 Å². The maximum Gasteiger partial charge on any atom is 0.335 e. The molecule has 0 radical (unpaired) electrons. The molecule has 14 nitrogen and oxygen atoms in total. The maximum absolute atomic E-state index is 13.0. The molecule has 0 spiro atoms. The second-order valence-corrected chi connectivity index (χ2v) is 8.62. The number of anilines is 1. The number of carbonyl (C=O) groups excluding carboxylic acids is 2. The van der Waals surface area contributed by atoms with Gasteiger partial charge in [-0.1, -0.05) is 18.2 Å². The molecule has 0 saturated carbocycles. The summed E-state index contributed by atoms with van der Waals surface area (Å²) < 4.78 is 6.87. The summed E-state index contributed by atoms with van der Waals surface area (Å²) in [5, 5.41) is 31.5. The Morgan fingerprint density at radius 3 is 2.72 bits per heavy atom. The van der Waals surface area contributed by atoms with Crippen molar-refractivity contribution < 1.29 is 24.2 Å². The Morgan fingerprint density at radius 1 is 1.08 bits per heavy atom. The van der Waals surface area contributed by atoms with E-state index in [2.05, 4.69) is 36.1 Å². The van der Waals surface area contributed by atoms with Crippen LogP contribution in [0.4, 0.5) is 5.69 Å². The number of amides is 2. The van der Waals surface area contributed by atoms with E-state index in [-0.39, 0.29) is 42.7 Å². The SMILES string of the molecule is O=C1COc2ccc(CNC(=O)c3cc(-c4nnn(Cc5ccc(C(=O)O)cc5)n4)n4nccc4n3)cc2N1. The molecule has 0 bridgehead atoms. The van der Waals surface area contributed by atoms with E-state index in [0.29, 0.717) is 22.8 Å². The summed E-state index contributed by atoms with van der Waals surface area (Å²) in [6, 6.07) is 14.8. The first-order chi connectivity index (χ1) is 18.9. The van der Waals surface area contributed by atoms with Crippen molar-refractivity contribution in [3.63, 3.8) is 0 Å². The standard InChI is InChI=1S/C25H19N9O5/c35-22-13-39-20-6-3-15(9-17(20)29-22)11-26-24(36)18-10-19(34-21(28-18)7-8-27-34)23-30-32-33(31-23)12-14-1-4-16(5-2-14)25(37)38/h1-10H,11-13H2,(H,26,36)(H,29,35)(H,37,38). The van der Waals surface area contributed by atoms with Crippen molar-refractivity contribution >= 4 is 29.1 Å². The van der Waals surface area contributed by atoms with E-state index in [0.717, 1.165) is 11.1 Å². The first kappa shape index (κ1) is 23.7. The first-order valence-corrected chi connectivity index (χ1v) is 11.7. The Kier molecular flexibility index (Phi) is 5.88. The van der Waals surface area contributed by atoms with Gasteiger partial charge in [0.1, 0.15) is 17.1 Å². The summed E-state index contributed by atoms with van der Waals surface area (Å²) in [7, 11) is 0. The van der Waals surface area contributed by atoms with E-state index < -0.39 is 11.9 Å². The fourth-order valence-corrected chi connectivity index (χ4v) is 4.03. The Balaban J connectivity index is 1.21. The molecule has 6 rings (SSSR count). The zero-order valence-corrected chi connectivity index (χ0v) is 20.1. The fourth-order valence-electron chi connectivity index (χ4n) is 4.03. The molecule has 3 aromatic heterocycles. The highest BCUT2D eigenvalue weighted by Gasteiger charge is 2.19. The average Bonchev–Trinajstić information content (AvgIpc) is 3.61. The highest BCUT2D eigenvalue weighted by atomic mass is 16.5. The van der Waals surface area contributed by atoms with Gasteiger partial charge in [0.2, 0.25) is 5.82 Å². The first-order valence-electron chi connectivity index (χ1n) is 11.7. The molecule has 39 heavy (non-hydrogen) atoms. The van der Waals surface area contributed by atoms with Gasteiger partial charge < -0.3 is 20.5 Å². The zero-order valence-electron chi connectivity index (χ0n) is 20.1. The van der Waals surface area contributed by atoms with Crippen molar-refractivity contribution in [3.8, 4) is 17.3 Å². The molecule has 2 aromatic carbocycles. The summed E-state index contributed by atoms with van der Waals surface area (Å²) in [6.07, 6.45) is 1.55. The number of aromatic carboxylic acids is 1. The largest absolute Gasteiger partial charge is 0.482 e. The summed E-state index contributed by atoms with van der Waals surface area (Å²) in [5.74, 6) is -0.873. The van der Waals surface area contributed by atoms with Crippen LogP contribution in [0, 0.1) is 0 Å². The number of nitrogens with one attached hydrogen (secondary N) is 2. The molecule has 0 atom stereocenters. The lowest BCUT2D eigenvalue weighted by Gasteiger charge is -2.18. The molecule has 2 amide bonds. The molecule has 5 aromatic rings. The number of rotatable bonds is 7. The van der Waals surface area contributed by atoms with E-state index in [4.69, 9.17) is 9.84 Å². The lowest BCUT2D eigenvalue weighted by atomic mass is 10.1. The topological polar surface area (TPSA) is 179 Å². The molecular weight excluding hydrogens is 506 g/mol. The van der Waals surface area contributed by atoms with Gasteiger partial charge in [-0.3, -0.25) is 9.59 Å². The minimum Gasteiger partial charge on any atom is -0.482 e. The van der Waals surface area contributed by atoms with Crippen molar-refractivity contribution in [1.29, 1.82) is 0 Å². The molecule has 3 N–H and O–H groups in total. The van der Waals surface area contributed by atoms with Crippen LogP contribution < -0.4 is 15.4 Å². The zero-order chi connectivity index (χ0) is 26.9. The van der Waals surface area contributed by atoms with Gasteiger partial charge in [-0.2, -0.15) is 9.90 Å². The van der Waals surface area contributed by atoms with Gasteiger partial charge in [0.25, 0.3) is 11.8 Å². The average molecular weight is 525 g/mol. The quantitative estimate of drug-likeness (QED) is 0.281. The van der Waals surface area contributed by atoms with Gasteiger partial charge in [-0.15, -0.1) is 10.2 Å². The van der Waals surface area contributed by atoms with Crippen LogP contribution in [0.2, 0.25) is 0 Å². The van der Waals surface area contributed by atoms with E-state index >= 15 is 0 Å². The van der Waals surface area contributed by atoms with Crippen LogP contribution in [0.1, 0.15) is 32.0 Å². The van der Waals surface area contributed by atoms with Crippen molar-refractivity contribution in [2.75, 3.05) is 11.9 Å². The molecule has 0 saturated heterocycles. The lowest BCUT2D eigenvalue weighted by Crippen LogP contribution is -2.26. The molecule has 0 aliphatic carbocycles. The van der Waals surface area contributed by atoms with Gasteiger partial charge in [-0.25, -0.2) is 14.3 Å². The van der Waals surface area contributed by atoms with Crippen LogP contribution in [0.25, 0.3) is 17.2 Å². The normalized spacial score (nSPS) is 12.5. The smallest absolute Gasteiger partial charge is 0.335 e. The van der Waals surface area contributed by atoms with Gasteiger partial charge in [0, 0.05) is 12.6 Å². The minimum atomic E-state index is -1.01. The second kappa shape index (κ2) is 9.66. The lowest BCUT2D eigenvalue weighted by molar-refractivity contribution is -0.118. The van der Waals surface area contributed by atoms with E-state index in [1.54, 1.807) is 42.6 Å². The third-order valence-electron chi connectivity index (χ3n) is 5.93. The number of carboxylic acids is 1. The molecule has 1 aliphatic heterocycles. The van der Waals surface area contributed by atoms with Crippen molar-refractivity contribution in [3.05, 3.63) is 83.2 Å². The number of ether oxygens (including phenoxy) is 1. The van der Waals surface area contributed by atoms with Crippen molar-refractivity contribution in [2.45, 2.75) is 13.1 Å². The van der Waals surface area contributed by atoms with Crippen molar-refractivity contribution in [1.82, 2.24) is 40.1 Å². The summed E-state index contributed by atoms with van der Waals surface area (Å²) in [4.78, 5) is 41.4. The van der Waals surface area contributed by atoms with E-state index in [9.17, 15) is 14.4 Å². The van der Waals surface area contributed by atoms with E-state index in [1.807, 2.05) is 0 Å². The highest BCUT2D eigenvalue weighted by Crippen LogP contribution is 2.28. The Hall–Kier alpha value is -5.66. The monoisotopic (exact) mass is 525 g/mol. The number of benzene rings is 2. The van der Waals surface area contributed by atoms with Crippen LogP contribution in [0.5, 0.6) is 5.75 Å². The van der Waals surface area contributed by atoms with Gasteiger partial charge in [0.15, 0.2) is 12.3 Å². The Bertz CT molecular complexity index is 1740. The number of tetrazole rings is 1. The number of carboxylic acid groups (broad SMARTS) is 1. The van der Waals surface area contributed by atoms with Crippen LogP contribution >= 0.6 is 0 Å². The van der Waals surface area contributed by atoms with E-state index in [1.165, 1.54) is 27.5 Å². The predicted octanol–water partition coefficient (Wildman–Crippen LogP) is 1.39. The molecule has 14 heteroatoms. The van der Waals surface area contributed by atoms with Crippen LogP contribution in [0.3, 0.4) is 0 Å². The van der Waals surface area contributed by atoms with Crippen LogP contribution in [0.15, 0.2) is 60.8 Å². The van der Waals surface area contributed by atoms with Gasteiger partial charge in [0.05, 0.1) is 24.0 Å². The highest BCUT2D eigenvalue weighted by molar-refractivity contribution is 5.96. The second-order valence-electron chi connectivity index (χ2n) is 8.62. The predicted molar refractivity (Wildman–Crippen MR) is 134 cm³/mol. The molecular formula is C25H19N9O5. The molecule has 0 fully saturated rings. The fraction of sp³-hybridized carbons (Fsp3) is 0.120. The summed E-state index contributed by atoms with van der Waals surface area (Å²) in [5.41, 5.74) is 3.25. The number of carbonyl (C=O) groups is 3. The molecule has 4 heterocycles. The Labute approximate surface area is 219 Å². The third-order valence-corrected chi connectivity index (χ3v) is 5.93. The number of fused-ring (bicyclic) bond motifs is 2.